The normalized spacial score (nSPS) is 12.5. The molecule has 0 bridgehead atoms. The largest absolute Gasteiger partial charge is 0.335 e. The molecule has 0 radical (unpaired) electrons. The highest BCUT2D eigenvalue weighted by atomic mass is 32.2. The van der Waals surface area contributed by atoms with Crippen molar-refractivity contribution >= 4 is 21.6 Å². The maximum absolute atomic E-state index is 13.5. The predicted molar refractivity (Wildman–Crippen MR) is 101 cm³/mol. The summed E-state index contributed by atoms with van der Waals surface area (Å²) in [4.78, 5) is 14.1. The fraction of sp³-hybridized carbons (Fsp3) is 0.316. The lowest BCUT2D eigenvalue weighted by atomic mass is 10.1. The number of amides is 1. The zero-order chi connectivity index (χ0) is 20.2. The number of hydrogen-bond donors (Lipinski definition) is 1. The quantitative estimate of drug-likeness (QED) is 0.771. The molecule has 0 aliphatic heterocycles. The molecule has 5 nitrogen and oxygen atoms in total. The summed E-state index contributed by atoms with van der Waals surface area (Å²) >= 11 is 0. The Labute approximate surface area is 158 Å². The summed E-state index contributed by atoms with van der Waals surface area (Å²) < 4.78 is 52.8. The van der Waals surface area contributed by atoms with Crippen LogP contribution in [-0.4, -0.2) is 32.0 Å². The molecule has 0 spiro atoms. The molecule has 2 rings (SSSR count). The van der Waals surface area contributed by atoms with E-state index in [4.69, 9.17) is 0 Å². The maximum Gasteiger partial charge on any atom is 0.254 e. The molecule has 1 amide bonds. The Hall–Kier alpha value is -2.48. The lowest BCUT2D eigenvalue weighted by Gasteiger charge is -2.25. The Morgan fingerprint density at radius 2 is 1.85 bits per heavy atom. The van der Waals surface area contributed by atoms with Gasteiger partial charge in [-0.2, -0.15) is 0 Å². The summed E-state index contributed by atoms with van der Waals surface area (Å²) in [5.74, 6) is -2.32. The molecule has 0 fully saturated rings. The van der Waals surface area contributed by atoms with Crippen molar-refractivity contribution in [3.8, 4) is 0 Å². The highest BCUT2D eigenvalue weighted by molar-refractivity contribution is 7.92. The lowest BCUT2D eigenvalue weighted by Crippen LogP contribution is -2.29. The molecule has 0 saturated heterocycles. The molecule has 1 N–H and O–H groups in total. The van der Waals surface area contributed by atoms with Gasteiger partial charge < -0.3 is 4.90 Å². The molecule has 0 aliphatic carbocycles. The topological polar surface area (TPSA) is 66.5 Å². The number of anilines is 1. The average Bonchev–Trinajstić information content (AvgIpc) is 2.61. The Kier molecular flexibility index (Phi) is 6.54. The number of halogens is 2. The van der Waals surface area contributed by atoms with Crippen LogP contribution in [0.15, 0.2) is 42.5 Å². The van der Waals surface area contributed by atoms with Crippen molar-refractivity contribution in [3.05, 3.63) is 65.2 Å². The van der Waals surface area contributed by atoms with E-state index in [2.05, 4.69) is 4.72 Å². The van der Waals surface area contributed by atoms with Crippen LogP contribution in [0.25, 0.3) is 0 Å². The van der Waals surface area contributed by atoms with E-state index in [0.29, 0.717) is 17.7 Å². The maximum atomic E-state index is 13.5. The second-order valence-electron chi connectivity index (χ2n) is 6.27. The first-order valence-electron chi connectivity index (χ1n) is 8.47. The number of rotatable bonds is 7. The summed E-state index contributed by atoms with van der Waals surface area (Å²) in [5.41, 5.74) is 1.02. The van der Waals surface area contributed by atoms with E-state index in [1.807, 2.05) is 0 Å². The first kappa shape index (κ1) is 20.8. The lowest BCUT2D eigenvalue weighted by molar-refractivity contribution is 0.0742. The summed E-state index contributed by atoms with van der Waals surface area (Å²) in [7, 11) is -1.92. The van der Waals surface area contributed by atoms with E-state index < -0.39 is 27.7 Å². The molecule has 2 aromatic rings. The first-order chi connectivity index (χ1) is 12.6. The van der Waals surface area contributed by atoms with Crippen LogP contribution in [0.3, 0.4) is 0 Å². The molecule has 0 saturated carbocycles. The highest BCUT2D eigenvalue weighted by Gasteiger charge is 2.20. The third-order valence-corrected chi connectivity index (χ3v) is 5.68. The second-order valence-corrected chi connectivity index (χ2v) is 8.11. The monoisotopic (exact) mass is 396 g/mol. The molecule has 146 valence electrons. The third kappa shape index (κ3) is 5.26. The highest BCUT2D eigenvalue weighted by Crippen LogP contribution is 2.23. The van der Waals surface area contributed by atoms with Crippen LogP contribution in [0.4, 0.5) is 14.5 Å². The summed E-state index contributed by atoms with van der Waals surface area (Å²) in [6.07, 6.45) is 0.475. The molecule has 0 aromatic heterocycles. The number of nitrogens with one attached hydrogen (secondary N) is 1. The van der Waals surface area contributed by atoms with Crippen molar-refractivity contribution in [1.82, 2.24) is 4.90 Å². The SMILES string of the molecule is CCCS(=O)(=O)Nc1cccc(C(=O)N(C)C(C)c2ccc(F)c(F)c2)c1. The Morgan fingerprint density at radius 1 is 1.15 bits per heavy atom. The van der Waals surface area contributed by atoms with Gasteiger partial charge in [0.25, 0.3) is 5.91 Å². The second kappa shape index (κ2) is 8.47. The van der Waals surface area contributed by atoms with E-state index in [0.717, 1.165) is 12.1 Å². The molecular weight excluding hydrogens is 374 g/mol. The van der Waals surface area contributed by atoms with Crippen molar-refractivity contribution < 1.29 is 22.0 Å². The summed E-state index contributed by atoms with van der Waals surface area (Å²) in [5, 5.41) is 0. The van der Waals surface area contributed by atoms with Crippen LogP contribution in [0.2, 0.25) is 0 Å². The Bertz CT molecular complexity index is 932. The Balaban J connectivity index is 2.21. The number of sulfonamides is 1. The molecule has 0 aliphatic rings. The van der Waals surface area contributed by atoms with Gasteiger partial charge in [0.2, 0.25) is 10.0 Å². The minimum absolute atomic E-state index is 0.0156. The van der Waals surface area contributed by atoms with Gasteiger partial charge in [0.1, 0.15) is 0 Å². The van der Waals surface area contributed by atoms with Crippen LogP contribution in [-0.2, 0) is 10.0 Å². The summed E-state index contributed by atoms with van der Waals surface area (Å²) in [6, 6.07) is 9.13. The predicted octanol–water partition coefficient (Wildman–Crippen LogP) is 3.95. The smallest absolute Gasteiger partial charge is 0.254 e. The first-order valence-corrected chi connectivity index (χ1v) is 10.1. The van der Waals surface area contributed by atoms with Gasteiger partial charge >= 0.3 is 0 Å². The number of carbonyl (C=O) groups excluding carboxylic acids is 1. The molecule has 0 heterocycles. The van der Waals surface area contributed by atoms with E-state index in [9.17, 15) is 22.0 Å². The summed E-state index contributed by atoms with van der Waals surface area (Å²) in [6.45, 7) is 3.45. The van der Waals surface area contributed by atoms with E-state index >= 15 is 0 Å². The Morgan fingerprint density at radius 3 is 2.48 bits per heavy atom. The van der Waals surface area contributed by atoms with Crippen LogP contribution >= 0.6 is 0 Å². The fourth-order valence-electron chi connectivity index (χ4n) is 2.59. The minimum Gasteiger partial charge on any atom is -0.335 e. The van der Waals surface area contributed by atoms with Crippen molar-refractivity contribution in [2.24, 2.45) is 0 Å². The van der Waals surface area contributed by atoms with Gasteiger partial charge in [-0.05, 0) is 49.2 Å². The molecule has 2 aromatic carbocycles. The minimum atomic E-state index is -3.47. The van der Waals surface area contributed by atoms with Crippen LogP contribution < -0.4 is 4.72 Å². The van der Waals surface area contributed by atoms with E-state index in [1.54, 1.807) is 39.1 Å². The molecule has 1 atom stereocenters. The average molecular weight is 396 g/mol. The van der Waals surface area contributed by atoms with Crippen molar-refractivity contribution in [1.29, 1.82) is 0 Å². The van der Waals surface area contributed by atoms with Crippen molar-refractivity contribution in [3.63, 3.8) is 0 Å². The van der Waals surface area contributed by atoms with Crippen molar-refractivity contribution in [2.45, 2.75) is 26.3 Å². The standard InChI is InChI=1S/C19H22F2N2O3S/c1-4-10-27(25,26)22-16-7-5-6-15(11-16)19(24)23(3)13(2)14-8-9-17(20)18(21)12-14/h5-9,11-13,22H,4,10H2,1-3H3. The third-order valence-electron chi connectivity index (χ3n) is 4.18. The molecule has 8 heteroatoms. The van der Waals surface area contributed by atoms with Gasteiger partial charge in [-0.3, -0.25) is 9.52 Å². The van der Waals surface area contributed by atoms with Gasteiger partial charge in [-0.1, -0.05) is 19.1 Å². The van der Waals surface area contributed by atoms with Gasteiger partial charge in [0.15, 0.2) is 11.6 Å². The zero-order valence-electron chi connectivity index (χ0n) is 15.4. The van der Waals surface area contributed by atoms with Gasteiger partial charge in [0, 0.05) is 18.3 Å². The van der Waals surface area contributed by atoms with Crippen LogP contribution in [0.5, 0.6) is 0 Å². The number of carbonyl (C=O) groups is 1. The number of benzene rings is 2. The van der Waals surface area contributed by atoms with E-state index in [-0.39, 0.29) is 17.2 Å². The van der Waals surface area contributed by atoms with Gasteiger partial charge in [-0.15, -0.1) is 0 Å². The molecule has 27 heavy (non-hydrogen) atoms. The van der Waals surface area contributed by atoms with Crippen LogP contribution in [0.1, 0.15) is 42.2 Å². The van der Waals surface area contributed by atoms with E-state index in [1.165, 1.54) is 17.0 Å². The number of hydrogen-bond acceptors (Lipinski definition) is 3. The molecular formula is C19H22F2N2O3S. The molecule has 1 unspecified atom stereocenters. The zero-order valence-corrected chi connectivity index (χ0v) is 16.2. The fourth-order valence-corrected chi connectivity index (χ4v) is 3.72. The van der Waals surface area contributed by atoms with Crippen molar-refractivity contribution in [2.75, 3.05) is 17.5 Å². The van der Waals surface area contributed by atoms with Gasteiger partial charge in [-0.25, -0.2) is 17.2 Å². The van der Waals surface area contributed by atoms with Crippen LogP contribution in [0, 0.1) is 11.6 Å². The number of nitrogens with zero attached hydrogens (tertiary/aromatic N) is 1. The van der Waals surface area contributed by atoms with Gasteiger partial charge in [0.05, 0.1) is 11.8 Å².